The molecule has 281 valence electrons. The second-order valence-corrected chi connectivity index (χ2v) is 13.1. The van der Waals surface area contributed by atoms with E-state index in [9.17, 15) is 52.7 Å². The first-order valence-corrected chi connectivity index (χ1v) is 16.0. The van der Waals surface area contributed by atoms with Gasteiger partial charge in [0.2, 0.25) is 0 Å². The van der Waals surface area contributed by atoms with E-state index in [-0.39, 0.29) is 20.1 Å². The monoisotopic (exact) mass is 986 g/mol. The Morgan fingerprint density at radius 1 is 0.542 bits per heavy atom. The molecule has 0 aliphatic rings. The number of halogens is 12. The Labute approximate surface area is 276 Å². The summed E-state index contributed by atoms with van der Waals surface area (Å²) in [6, 6.07) is 14.5. The Balaban J connectivity index is -0.000000261. The van der Waals surface area contributed by atoms with Crippen molar-refractivity contribution in [1.29, 1.82) is 0 Å². The van der Waals surface area contributed by atoms with Gasteiger partial charge in [-0.15, -0.1) is 0 Å². The first kappa shape index (κ1) is 52.6. The second-order valence-electron chi connectivity index (χ2n) is 7.59. The number of rotatable bonds is 2. The van der Waals surface area contributed by atoms with Crippen LogP contribution in [0.4, 0.5) is 52.7 Å². The Morgan fingerprint density at radius 2 is 0.792 bits per heavy atom. The molecule has 0 aliphatic carbocycles. The molecule has 30 heteroatoms. The van der Waals surface area contributed by atoms with E-state index < -0.39 is 62.5 Å². The van der Waals surface area contributed by atoms with E-state index in [1.165, 1.54) is 11.1 Å². The zero-order valence-electron chi connectivity index (χ0n) is 22.5. The van der Waals surface area contributed by atoms with E-state index in [0.717, 1.165) is 5.69 Å². The summed E-state index contributed by atoms with van der Waals surface area (Å²) >= 11 is 0. The largest absolute Gasteiger partial charge is 4.00 e. The Hall–Kier alpha value is -2.18. The maximum absolute atomic E-state index is 10.7. The molecule has 0 fully saturated rings. The van der Waals surface area contributed by atoms with Crippen molar-refractivity contribution >= 4 is 40.5 Å². The quantitative estimate of drug-likeness (QED) is 0.234. The third kappa shape index (κ3) is 22.5. The van der Waals surface area contributed by atoms with Crippen LogP contribution in [-0.4, -0.2) is 78.9 Å². The van der Waals surface area contributed by atoms with Crippen molar-refractivity contribution in [3.8, 4) is 11.3 Å². The molecule has 2 aromatic rings. The van der Waals surface area contributed by atoms with Crippen molar-refractivity contribution in [1.82, 2.24) is 4.98 Å². The molecular weight excluding hydrogens is 971 g/mol. The number of pyridine rings is 1. The van der Waals surface area contributed by atoms with Crippen LogP contribution in [0.2, 0.25) is 0 Å². The fourth-order valence-corrected chi connectivity index (χ4v) is 1.57. The molecule has 0 spiro atoms. The normalized spacial score (nSPS) is 12.6. The summed E-state index contributed by atoms with van der Waals surface area (Å²) in [5.74, 6) is 0.551. The second kappa shape index (κ2) is 19.3. The SMILES string of the molecule is CC(C)c1ccnc(-c2ccccc2)c1.O=S(=O)([O-])C(F)(F)F.O=S(=O)([O-])C(F)(F)F.O=S(=O)([O-])C(F)(F)F.O=S(=O)([O-])C(F)(F)F.[Ir+4]. The number of alkyl halides is 12. The van der Waals surface area contributed by atoms with Gasteiger partial charge in [-0.3, -0.25) is 4.98 Å². The summed E-state index contributed by atoms with van der Waals surface area (Å²) < 4.78 is 236. The summed E-state index contributed by atoms with van der Waals surface area (Å²) in [5.41, 5.74) is -19.0. The van der Waals surface area contributed by atoms with Crippen molar-refractivity contribution in [3.63, 3.8) is 0 Å². The molecule has 1 radical (unpaired) electrons. The first-order chi connectivity index (χ1) is 20.3. The predicted molar refractivity (Wildman–Crippen MR) is 127 cm³/mol. The van der Waals surface area contributed by atoms with Crippen LogP contribution < -0.4 is 0 Å². The van der Waals surface area contributed by atoms with Gasteiger partial charge in [0.25, 0.3) is 0 Å². The van der Waals surface area contributed by atoms with Crippen LogP contribution in [0.25, 0.3) is 11.3 Å². The third-order valence-corrected chi connectivity index (χ3v) is 5.92. The molecule has 0 N–H and O–H groups in total. The van der Waals surface area contributed by atoms with Crippen LogP contribution in [0, 0.1) is 0 Å². The summed E-state index contributed by atoms with van der Waals surface area (Å²) in [7, 11) is -24.4. The van der Waals surface area contributed by atoms with Gasteiger partial charge in [-0.1, -0.05) is 44.2 Å². The van der Waals surface area contributed by atoms with Crippen molar-refractivity contribution in [2.75, 3.05) is 0 Å². The number of hydrogen-bond acceptors (Lipinski definition) is 13. The number of aromatic nitrogens is 1. The van der Waals surface area contributed by atoms with Gasteiger partial charge in [0.1, 0.15) is 0 Å². The minimum atomic E-state index is -6.09. The van der Waals surface area contributed by atoms with Gasteiger partial charge in [-0.2, -0.15) is 52.7 Å². The van der Waals surface area contributed by atoms with Crippen LogP contribution in [0.15, 0.2) is 48.7 Å². The van der Waals surface area contributed by atoms with Gasteiger partial charge < -0.3 is 18.2 Å². The van der Waals surface area contributed by atoms with Gasteiger partial charge in [-0.25, -0.2) is 33.7 Å². The molecule has 48 heavy (non-hydrogen) atoms. The van der Waals surface area contributed by atoms with Gasteiger partial charge in [0, 0.05) is 11.8 Å². The van der Waals surface area contributed by atoms with Crippen molar-refractivity contribution in [2.24, 2.45) is 0 Å². The van der Waals surface area contributed by atoms with E-state index in [1.54, 1.807) is 0 Å². The third-order valence-electron chi connectivity index (χ3n) is 3.65. The summed E-state index contributed by atoms with van der Waals surface area (Å²) in [5, 5.41) is 0. The molecule has 0 atom stereocenters. The van der Waals surface area contributed by atoms with E-state index in [4.69, 9.17) is 51.9 Å². The maximum atomic E-state index is 10.7. The molecule has 0 saturated heterocycles. The molecule has 13 nitrogen and oxygen atoms in total. The molecule has 0 unspecified atom stereocenters. The fourth-order valence-electron chi connectivity index (χ4n) is 1.57. The fraction of sp³-hybridized carbons (Fsp3) is 0.389. The molecule has 0 bridgehead atoms. The Bertz CT molecular complexity index is 1530. The van der Waals surface area contributed by atoms with Crippen LogP contribution in [0.3, 0.4) is 0 Å². The molecule has 0 aliphatic heterocycles. The van der Waals surface area contributed by atoms with Gasteiger partial charge >= 0.3 is 42.1 Å². The van der Waals surface area contributed by atoms with Crippen molar-refractivity contribution < 1.29 is 125 Å². The summed E-state index contributed by atoms with van der Waals surface area (Å²) in [4.78, 5) is 4.39. The summed E-state index contributed by atoms with van der Waals surface area (Å²) in [6.07, 6.45) is 1.89. The molecular formula is C18H15F12IrNO12S4. The topological polar surface area (TPSA) is 242 Å². The van der Waals surface area contributed by atoms with Crippen LogP contribution in [0.5, 0.6) is 0 Å². The standard InChI is InChI=1S/C14H15N.4CHF3O3S.Ir/c1-11(2)13-8-9-15-14(10-13)12-6-4-3-5-7-12;4*2-1(3,4)8(5,6)7;/h3-11H,1-2H3;4*(H,5,6,7);/q;;;;;+4/p-4. The molecule has 1 heterocycles. The van der Waals surface area contributed by atoms with Crippen molar-refractivity contribution in [2.45, 2.75) is 41.8 Å². The van der Waals surface area contributed by atoms with Gasteiger partial charge in [-0.05, 0) is 23.6 Å². The Kier molecular flexibility index (Phi) is 21.1. The molecule has 1 aromatic heterocycles. The first-order valence-electron chi connectivity index (χ1n) is 10.4. The average molecular weight is 986 g/mol. The Morgan fingerprint density at radius 3 is 1.00 bits per heavy atom. The zero-order valence-corrected chi connectivity index (χ0v) is 28.2. The molecule has 0 amide bonds. The van der Waals surface area contributed by atoms with Crippen molar-refractivity contribution in [3.05, 3.63) is 54.2 Å². The smallest absolute Gasteiger partial charge is 0.741 e. The maximum Gasteiger partial charge on any atom is 4.00 e. The number of hydrogen-bond donors (Lipinski definition) is 0. The van der Waals surface area contributed by atoms with Gasteiger partial charge in [0.15, 0.2) is 40.5 Å². The molecule has 0 saturated carbocycles. The number of benzene rings is 1. The van der Waals surface area contributed by atoms with Gasteiger partial charge in [0.05, 0.1) is 5.69 Å². The minimum Gasteiger partial charge on any atom is -0.741 e. The molecule has 2 rings (SSSR count). The minimum absolute atomic E-state index is 0. The zero-order chi connectivity index (χ0) is 38.7. The van der Waals surface area contributed by atoms with Crippen LogP contribution in [-0.2, 0) is 60.6 Å². The van der Waals surface area contributed by atoms with E-state index in [1.807, 2.05) is 24.4 Å². The summed E-state index contributed by atoms with van der Waals surface area (Å²) in [6.45, 7) is 4.40. The van der Waals surface area contributed by atoms with E-state index in [2.05, 4.69) is 43.1 Å². The molecule has 1 aromatic carbocycles. The predicted octanol–water partition coefficient (Wildman–Crippen LogP) is 4.08. The van der Waals surface area contributed by atoms with E-state index in [0.29, 0.717) is 5.92 Å². The van der Waals surface area contributed by atoms with E-state index >= 15 is 0 Å². The average Bonchev–Trinajstić information content (AvgIpc) is 2.81. The van der Waals surface area contributed by atoms with Crippen LogP contribution >= 0.6 is 0 Å². The number of nitrogens with zero attached hydrogens (tertiary/aromatic N) is 1. The van der Waals surface area contributed by atoms with Crippen LogP contribution in [0.1, 0.15) is 25.3 Å².